The maximum absolute atomic E-state index is 11.8. The van der Waals surface area contributed by atoms with Crippen LogP contribution in [0.3, 0.4) is 0 Å². The molecule has 3 aromatic rings. The van der Waals surface area contributed by atoms with Crippen LogP contribution in [0, 0.1) is 0 Å². The van der Waals surface area contributed by atoms with Gasteiger partial charge in [0.15, 0.2) is 0 Å². The summed E-state index contributed by atoms with van der Waals surface area (Å²) in [6.45, 7) is -0.166. The first-order valence-corrected chi connectivity index (χ1v) is 12.6. The molecule has 1 unspecified atom stereocenters. The van der Waals surface area contributed by atoms with E-state index >= 15 is 0 Å². The molecule has 0 aliphatic carbocycles. The Morgan fingerprint density at radius 1 is 1.30 bits per heavy atom. The summed E-state index contributed by atoms with van der Waals surface area (Å²) in [6, 6.07) is 9.95. The van der Waals surface area contributed by atoms with Crippen LogP contribution in [0.15, 0.2) is 36.7 Å². The number of anilines is 1. The monoisotopic (exact) mass is 499 g/mol. The van der Waals surface area contributed by atoms with E-state index in [4.69, 9.17) is 19.5 Å². The van der Waals surface area contributed by atoms with Crippen LogP contribution in [0.4, 0.5) is 5.82 Å². The Hall–Kier alpha value is -1.88. The number of ether oxygens (including phenoxy) is 1. The van der Waals surface area contributed by atoms with E-state index in [2.05, 4.69) is 15.0 Å². The second kappa shape index (κ2) is 7.67. The zero-order valence-corrected chi connectivity index (χ0v) is 18.0. The summed E-state index contributed by atoms with van der Waals surface area (Å²) in [5, 5.41) is 11.6. The van der Waals surface area contributed by atoms with E-state index in [1.165, 1.54) is 6.33 Å². The first kappa shape index (κ1) is 20.0. The van der Waals surface area contributed by atoms with Crippen LogP contribution in [0.2, 0.25) is 0 Å². The molecule has 0 saturated carbocycles. The SMILES string of the molecule is Nc1ncnc2c1nc([Se]Cc1ccccc1)n2[C@@H]1O[C@@H]2COP(=O)(O)O[C@H]2[C@H]1O. The summed E-state index contributed by atoms with van der Waals surface area (Å²) in [7, 11) is -4.22. The first-order valence-electron chi connectivity index (χ1n) is 9.07. The fourth-order valence-electron chi connectivity index (χ4n) is 3.51. The average Bonchev–Trinajstić information content (AvgIpc) is 3.25. The van der Waals surface area contributed by atoms with Gasteiger partial charge in [0.05, 0.1) is 0 Å². The molecule has 2 saturated heterocycles. The number of benzene rings is 1. The number of phosphoric ester groups is 1. The molecule has 5 rings (SSSR count). The van der Waals surface area contributed by atoms with Crippen molar-refractivity contribution in [3.63, 3.8) is 0 Å². The molecule has 2 aromatic heterocycles. The second-order valence-electron chi connectivity index (χ2n) is 6.86. The van der Waals surface area contributed by atoms with E-state index in [-0.39, 0.29) is 27.4 Å². The van der Waals surface area contributed by atoms with E-state index in [0.717, 1.165) is 10.9 Å². The molecule has 4 heterocycles. The fourth-order valence-corrected chi connectivity index (χ4v) is 6.52. The summed E-state index contributed by atoms with van der Waals surface area (Å²) in [5.41, 5.74) is 7.98. The average molecular weight is 498 g/mol. The number of phosphoric acid groups is 1. The number of hydrogen-bond acceptors (Lipinski definition) is 9. The van der Waals surface area contributed by atoms with Crippen LogP contribution in [-0.2, 0) is 23.7 Å². The molecule has 0 bridgehead atoms. The van der Waals surface area contributed by atoms with Crippen LogP contribution < -0.4 is 10.5 Å². The van der Waals surface area contributed by atoms with Crippen molar-refractivity contribution in [3.8, 4) is 0 Å². The number of nitrogens with two attached hydrogens (primary N) is 1. The zero-order valence-electron chi connectivity index (χ0n) is 15.4. The van der Waals surface area contributed by atoms with Crippen molar-refractivity contribution in [2.75, 3.05) is 12.3 Å². The maximum atomic E-state index is 11.8. The molecule has 0 spiro atoms. The molecule has 2 fully saturated rings. The molecule has 13 heteroatoms. The number of nitrogen functional groups attached to an aromatic ring is 1. The van der Waals surface area contributed by atoms with Gasteiger partial charge in [0, 0.05) is 0 Å². The van der Waals surface area contributed by atoms with Gasteiger partial charge in [0.1, 0.15) is 0 Å². The Kier molecular flexibility index (Phi) is 5.12. The predicted octanol–water partition coefficient (Wildman–Crippen LogP) is -0.288. The number of aliphatic hydroxyl groups is 1. The number of hydrogen-bond donors (Lipinski definition) is 3. The Morgan fingerprint density at radius 3 is 2.90 bits per heavy atom. The van der Waals surface area contributed by atoms with Gasteiger partial charge in [-0.1, -0.05) is 0 Å². The number of nitrogens with zero attached hydrogens (tertiary/aromatic N) is 4. The molecule has 30 heavy (non-hydrogen) atoms. The minimum absolute atomic E-state index is 0.144. The third-order valence-electron chi connectivity index (χ3n) is 4.90. The van der Waals surface area contributed by atoms with Crippen LogP contribution in [0.5, 0.6) is 0 Å². The molecule has 158 valence electrons. The Bertz CT molecular complexity index is 1130. The van der Waals surface area contributed by atoms with Gasteiger partial charge in [0.2, 0.25) is 0 Å². The molecule has 5 atom stereocenters. The molecular weight excluding hydrogens is 480 g/mol. The standard InChI is InChI=1S/C17H18N5O6PSe/c18-14-11-15(20-8-19-14)22(17(21-11)30-7-9-4-2-1-3-5-9)16-12(23)13-10(27-16)6-26-29(24,25)28-13/h1-5,8,10,12-13,16,23H,6-7H2,(H,24,25)(H2,18,19,20)/t10-,12-,13-,16-/m1/s1. The normalized spacial score (nSPS) is 31.1. The molecule has 1 aromatic carbocycles. The number of fused-ring (bicyclic) bond motifs is 2. The third kappa shape index (κ3) is 3.55. The van der Waals surface area contributed by atoms with Crippen LogP contribution in [-0.4, -0.2) is 69.4 Å². The molecule has 0 radical (unpaired) electrons. The van der Waals surface area contributed by atoms with Crippen molar-refractivity contribution in [2.45, 2.75) is 29.9 Å². The van der Waals surface area contributed by atoms with Crippen molar-refractivity contribution in [2.24, 2.45) is 0 Å². The molecule has 2 aliphatic heterocycles. The van der Waals surface area contributed by atoms with Gasteiger partial charge < -0.3 is 0 Å². The predicted molar refractivity (Wildman–Crippen MR) is 106 cm³/mol. The summed E-state index contributed by atoms with van der Waals surface area (Å²) >= 11 is -0.144. The minimum atomic E-state index is -4.22. The van der Waals surface area contributed by atoms with Gasteiger partial charge >= 0.3 is 177 Å². The summed E-state index contributed by atoms with van der Waals surface area (Å²) in [5.74, 6) is 0.222. The van der Waals surface area contributed by atoms with Gasteiger partial charge in [-0.05, 0) is 0 Å². The van der Waals surface area contributed by atoms with Gasteiger partial charge in [-0.3, -0.25) is 0 Å². The number of imidazole rings is 1. The molecule has 2 aliphatic rings. The van der Waals surface area contributed by atoms with E-state index < -0.39 is 32.4 Å². The van der Waals surface area contributed by atoms with Gasteiger partial charge in [0.25, 0.3) is 0 Å². The van der Waals surface area contributed by atoms with E-state index in [0.29, 0.717) is 15.9 Å². The summed E-state index contributed by atoms with van der Waals surface area (Å²) in [4.78, 5) is 22.5. The molecular formula is C17H18N5O6PSe. The summed E-state index contributed by atoms with van der Waals surface area (Å²) < 4.78 is 30.0. The van der Waals surface area contributed by atoms with Crippen LogP contribution in [0.1, 0.15) is 11.8 Å². The Balaban J connectivity index is 1.53. The molecule has 4 N–H and O–H groups in total. The van der Waals surface area contributed by atoms with Crippen molar-refractivity contribution in [1.82, 2.24) is 19.5 Å². The van der Waals surface area contributed by atoms with Crippen molar-refractivity contribution < 1.29 is 28.3 Å². The molecule has 0 amide bonds. The van der Waals surface area contributed by atoms with Gasteiger partial charge in [-0.15, -0.1) is 0 Å². The van der Waals surface area contributed by atoms with Crippen molar-refractivity contribution in [3.05, 3.63) is 42.2 Å². The Morgan fingerprint density at radius 2 is 2.10 bits per heavy atom. The topological polar surface area (TPSA) is 155 Å². The van der Waals surface area contributed by atoms with Crippen LogP contribution in [0.25, 0.3) is 11.2 Å². The fraction of sp³-hybridized carbons (Fsp3) is 0.353. The number of aromatic nitrogens is 4. The second-order valence-corrected chi connectivity index (χ2v) is 10.2. The van der Waals surface area contributed by atoms with Gasteiger partial charge in [-0.25, -0.2) is 0 Å². The van der Waals surface area contributed by atoms with E-state index in [1.54, 1.807) is 4.57 Å². The summed E-state index contributed by atoms with van der Waals surface area (Å²) in [6.07, 6.45) is -2.54. The quantitative estimate of drug-likeness (QED) is 0.323. The van der Waals surface area contributed by atoms with E-state index in [9.17, 15) is 14.6 Å². The zero-order chi connectivity index (χ0) is 20.9. The Labute approximate surface area is 177 Å². The molecule has 11 nitrogen and oxygen atoms in total. The van der Waals surface area contributed by atoms with E-state index in [1.807, 2.05) is 30.3 Å². The van der Waals surface area contributed by atoms with Crippen LogP contribution >= 0.6 is 7.82 Å². The number of aliphatic hydroxyl groups excluding tert-OH is 1. The first-order chi connectivity index (χ1) is 14.4. The third-order valence-corrected chi connectivity index (χ3v) is 8.04. The number of rotatable bonds is 4. The van der Waals surface area contributed by atoms with Crippen molar-refractivity contribution in [1.29, 1.82) is 0 Å². The van der Waals surface area contributed by atoms with Crippen molar-refractivity contribution >= 4 is 44.5 Å². The van der Waals surface area contributed by atoms with Gasteiger partial charge in [-0.2, -0.15) is 0 Å².